The summed E-state index contributed by atoms with van der Waals surface area (Å²) in [6.45, 7) is 3.40. The SMILES string of the molecule is N#Cc1ccnc(N2CCN(c3cccc(N)c3)CC2)n1. The molecule has 1 aromatic carbocycles. The molecule has 1 fully saturated rings. The molecule has 3 rings (SSSR count). The third-order valence-corrected chi connectivity index (χ3v) is 3.56. The van der Waals surface area contributed by atoms with Gasteiger partial charge >= 0.3 is 0 Å². The molecule has 0 bridgehead atoms. The van der Waals surface area contributed by atoms with Crippen LogP contribution in [0.15, 0.2) is 36.5 Å². The smallest absolute Gasteiger partial charge is 0.226 e. The van der Waals surface area contributed by atoms with E-state index in [4.69, 9.17) is 11.0 Å². The molecule has 0 radical (unpaired) electrons. The third kappa shape index (κ3) is 2.87. The Hall–Kier alpha value is -2.81. The molecule has 0 saturated carbocycles. The molecule has 0 amide bonds. The summed E-state index contributed by atoms with van der Waals surface area (Å²) in [7, 11) is 0. The molecule has 21 heavy (non-hydrogen) atoms. The van der Waals surface area contributed by atoms with Crippen molar-refractivity contribution in [2.75, 3.05) is 41.7 Å². The largest absolute Gasteiger partial charge is 0.399 e. The van der Waals surface area contributed by atoms with E-state index in [1.807, 2.05) is 24.3 Å². The van der Waals surface area contributed by atoms with E-state index in [1.54, 1.807) is 12.3 Å². The van der Waals surface area contributed by atoms with Gasteiger partial charge in [-0.3, -0.25) is 0 Å². The molecule has 106 valence electrons. The highest BCUT2D eigenvalue weighted by atomic mass is 15.3. The van der Waals surface area contributed by atoms with Crippen molar-refractivity contribution in [2.45, 2.75) is 0 Å². The van der Waals surface area contributed by atoms with E-state index in [1.165, 1.54) is 0 Å². The molecule has 6 heteroatoms. The Morgan fingerprint density at radius 3 is 2.57 bits per heavy atom. The number of nitrogens with zero attached hydrogens (tertiary/aromatic N) is 5. The fraction of sp³-hybridized carbons (Fsp3) is 0.267. The standard InChI is InChI=1S/C15H16N6/c16-11-13-4-5-18-15(19-13)21-8-6-20(7-9-21)14-3-1-2-12(17)10-14/h1-5,10H,6-9,17H2. The summed E-state index contributed by atoms with van der Waals surface area (Å²) in [6.07, 6.45) is 1.63. The van der Waals surface area contributed by atoms with E-state index in [-0.39, 0.29) is 0 Å². The molecule has 2 heterocycles. The highest BCUT2D eigenvalue weighted by molar-refractivity contribution is 5.56. The van der Waals surface area contributed by atoms with Crippen molar-refractivity contribution in [3.8, 4) is 6.07 Å². The molecule has 1 aromatic heterocycles. The maximum atomic E-state index is 8.90. The molecule has 0 spiro atoms. The number of rotatable bonds is 2. The van der Waals surface area contributed by atoms with Gasteiger partial charge in [-0.05, 0) is 24.3 Å². The van der Waals surface area contributed by atoms with Crippen LogP contribution in [-0.4, -0.2) is 36.1 Å². The van der Waals surface area contributed by atoms with E-state index < -0.39 is 0 Å². The molecule has 1 saturated heterocycles. The molecule has 0 atom stereocenters. The summed E-state index contributed by atoms with van der Waals surface area (Å²) in [5.74, 6) is 0.626. The Balaban J connectivity index is 1.69. The zero-order chi connectivity index (χ0) is 14.7. The maximum Gasteiger partial charge on any atom is 0.226 e. The minimum atomic E-state index is 0.401. The van der Waals surface area contributed by atoms with Crippen molar-refractivity contribution in [1.82, 2.24) is 9.97 Å². The number of aromatic nitrogens is 2. The predicted molar refractivity (Wildman–Crippen MR) is 82.0 cm³/mol. The number of nitrogen functional groups attached to an aromatic ring is 1. The Bertz CT molecular complexity index is 670. The van der Waals surface area contributed by atoms with Crippen molar-refractivity contribution in [3.63, 3.8) is 0 Å². The average Bonchev–Trinajstić information content (AvgIpc) is 2.55. The lowest BCUT2D eigenvalue weighted by molar-refractivity contribution is 0.640. The number of hydrogen-bond acceptors (Lipinski definition) is 6. The van der Waals surface area contributed by atoms with E-state index in [0.29, 0.717) is 11.6 Å². The lowest BCUT2D eigenvalue weighted by atomic mass is 10.2. The predicted octanol–water partition coefficient (Wildman–Crippen LogP) is 1.26. The van der Waals surface area contributed by atoms with Gasteiger partial charge in [0.05, 0.1) is 0 Å². The molecule has 0 aliphatic carbocycles. The average molecular weight is 280 g/mol. The summed E-state index contributed by atoms with van der Waals surface area (Å²) in [6, 6.07) is 11.6. The third-order valence-electron chi connectivity index (χ3n) is 3.56. The lowest BCUT2D eigenvalue weighted by Crippen LogP contribution is -2.47. The van der Waals surface area contributed by atoms with Gasteiger partial charge in [0.15, 0.2) is 0 Å². The Labute approximate surface area is 123 Å². The van der Waals surface area contributed by atoms with Gasteiger partial charge in [0.25, 0.3) is 0 Å². The molecule has 2 N–H and O–H groups in total. The first-order valence-electron chi connectivity index (χ1n) is 6.85. The summed E-state index contributed by atoms with van der Waals surface area (Å²) in [5, 5.41) is 8.90. The van der Waals surface area contributed by atoms with Crippen molar-refractivity contribution >= 4 is 17.3 Å². The van der Waals surface area contributed by atoms with Crippen molar-refractivity contribution in [2.24, 2.45) is 0 Å². The van der Waals surface area contributed by atoms with E-state index in [9.17, 15) is 0 Å². The lowest BCUT2D eigenvalue weighted by Gasteiger charge is -2.36. The minimum absolute atomic E-state index is 0.401. The Morgan fingerprint density at radius 2 is 1.86 bits per heavy atom. The molecule has 1 aliphatic heterocycles. The summed E-state index contributed by atoms with van der Waals surface area (Å²) >= 11 is 0. The maximum absolute atomic E-state index is 8.90. The van der Waals surface area contributed by atoms with Crippen LogP contribution in [-0.2, 0) is 0 Å². The van der Waals surface area contributed by atoms with Crippen LogP contribution in [0.3, 0.4) is 0 Å². The molecule has 6 nitrogen and oxygen atoms in total. The summed E-state index contributed by atoms with van der Waals surface area (Å²) in [4.78, 5) is 12.9. The Morgan fingerprint density at radius 1 is 1.10 bits per heavy atom. The zero-order valence-corrected chi connectivity index (χ0v) is 11.6. The van der Waals surface area contributed by atoms with Gasteiger partial charge in [0.1, 0.15) is 11.8 Å². The van der Waals surface area contributed by atoms with Crippen LogP contribution in [0.4, 0.5) is 17.3 Å². The van der Waals surface area contributed by atoms with Crippen LogP contribution in [0, 0.1) is 11.3 Å². The van der Waals surface area contributed by atoms with Crippen LogP contribution in [0.2, 0.25) is 0 Å². The first-order valence-corrected chi connectivity index (χ1v) is 6.85. The first-order chi connectivity index (χ1) is 10.3. The monoisotopic (exact) mass is 280 g/mol. The number of benzene rings is 1. The van der Waals surface area contributed by atoms with Crippen LogP contribution in [0.5, 0.6) is 0 Å². The summed E-state index contributed by atoms with van der Waals surface area (Å²) < 4.78 is 0. The first kappa shape index (κ1) is 13.2. The quantitative estimate of drug-likeness (QED) is 0.834. The van der Waals surface area contributed by atoms with Crippen LogP contribution >= 0.6 is 0 Å². The van der Waals surface area contributed by atoms with Gasteiger partial charge in [-0.15, -0.1) is 0 Å². The second-order valence-electron chi connectivity index (χ2n) is 4.92. The van der Waals surface area contributed by atoms with Gasteiger partial charge < -0.3 is 15.5 Å². The number of nitrogens with two attached hydrogens (primary N) is 1. The molecular formula is C15H16N6. The minimum Gasteiger partial charge on any atom is -0.399 e. The summed E-state index contributed by atoms with van der Waals surface area (Å²) in [5.41, 5.74) is 8.15. The second-order valence-corrected chi connectivity index (χ2v) is 4.92. The molecule has 2 aromatic rings. The van der Waals surface area contributed by atoms with E-state index >= 15 is 0 Å². The fourth-order valence-corrected chi connectivity index (χ4v) is 2.45. The van der Waals surface area contributed by atoms with Gasteiger partial charge in [-0.2, -0.15) is 5.26 Å². The van der Waals surface area contributed by atoms with E-state index in [2.05, 4.69) is 25.8 Å². The topological polar surface area (TPSA) is 82.1 Å². The van der Waals surface area contributed by atoms with Crippen molar-refractivity contribution < 1.29 is 0 Å². The number of anilines is 3. The van der Waals surface area contributed by atoms with Crippen LogP contribution < -0.4 is 15.5 Å². The van der Waals surface area contributed by atoms with Crippen molar-refractivity contribution in [3.05, 3.63) is 42.2 Å². The van der Waals surface area contributed by atoms with Gasteiger partial charge in [-0.25, -0.2) is 9.97 Å². The normalized spacial score (nSPS) is 14.8. The van der Waals surface area contributed by atoms with Crippen LogP contribution in [0.1, 0.15) is 5.69 Å². The van der Waals surface area contributed by atoms with Gasteiger partial charge in [0, 0.05) is 43.8 Å². The highest BCUT2D eigenvalue weighted by Gasteiger charge is 2.19. The molecule has 1 aliphatic rings. The number of nitriles is 1. The van der Waals surface area contributed by atoms with Gasteiger partial charge in [0.2, 0.25) is 5.95 Å². The molecular weight excluding hydrogens is 264 g/mol. The number of piperazine rings is 1. The van der Waals surface area contributed by atoms with E-state index in [0.717, 1.165) is 37.6 Å². The zero-order valence-electron chi connectivity index (χ0n) is 11.6. The Kier molecular flexibility index (Phi) is 3.56. The van der Waals surface area contributed by atoms with Gasteiger partial charge in [-0.1, -0.05) is 6.07 Å². The fourth-order valence-electron chi connectivity index (χ4n) is 2.45. The number of hydrogen-bond donors (Lipinski definition) is 1. The van der Waals surface area contributed by atoms with Crippen LogP contribution in [0.25, 0.3) is 0 Å². The highest BCUT2D eigenvalue weighted by Crippen LogP contribution is 2.20. The van der Waals surface area contributed by atoms with Crippen molar-refractivity contribution in [1.29, 1.82) is 5.26 Å². The second kappa shape index (κ2) is 5.67. The molecule has 0 unspecified atom stereocenters.